The average Bonchev–Trinajstić information content (AvgIpc) is 3.02. The lowest BCUT2D eigenvalue weighted by Gasteiger charge is -2.45. The summed E-state index contributed by atoms with van der Waals surface area (Å²) in [6.07, 6.45) is 6.11. The van der Waals surface area contributed by atoms with Gasteiger partial charge in [-0.1, -0.05) is 17.7 Å². The van der Waals surface area contributed by atoms with Crippen LogP contribution in [0.4, 0.5) is 5.69 Å². The number of aliphatic hydroxyl groups excluding tert-OH is 1. The third kappa shape index (κ3) is 5.04. The number of amides is 1. The molecule has 1 amide bonds. The van der Waals surface area contributed by atoms with E-state index in [1.54, 1.807) is 25.1 Å². The first kappa shape index (κ1) is 26.9. The van der Waals surface area contributed by atoms with Crippen LogP contribution >= 0.6 is 11.6 Å². The Morgan fingerprint density at radius 3 is 2.74 bits per heavy atom. The van der Waals surface area contributed by atoms with Crippen LogP contribution in [0.1, 0.15) is 73.4 Å². The number of aliphatic hydroxyl groups is 1. The van der Waals surface area contributed by atoms with Crippen molar-refractivity contribution in [2.24, 2.45) is 11.8 Å². The summed E-state index contributed by atoms with van der Waals surface area (Å²) < 4.78 is 34.6. The molecule has 9 heteroatoms. The molecule has 0 saturated heterocycles. The number of hydrogen-bond donors (Lipinski definition) is 2. The van der Waals surface area contributed by atoms with Gasteiger partial charge in [0, 0.05) is 29.1 Å². The molecule has 2 N–H and O–H groups in total. The van der Waals surface area contributed by atoms with Crippen molar-refractivity contribution in [2.75, 3.05) is 24.6 Å². The minimum absolute atomic E-state index is 0.186. The Labute approximate surface area is 235 Å². The maximum absolute atomic E-state index is 13.2. The summed E-state index contributed by atoms with van der Waals surface area (Å²) in [5.74, 6) is 0.574. The predicted octanol–water partition coefficient (Wildman–Crippen LogP) is 4.83. The van der Waals surface area contributed by atoms with Crippen molar-refractivity contribution in [3.63, 3.8) is 0 Å². The van der Waals surface area contributed by atoms with Crippen molar-refractivity contribution in [1.29, 1.82) is 0 Å². The third-order valence-corrected chi connectivity index (χ3v) is 11.6. The van der Waals surface area contributed by atoms with E-state index >= 15 is 0 Å². The van der Waals surface area contributed by atoms with E-state index < -0.39 is 27.3 Å². The smallest absolute Gasteiger partial charge is 0.264 e. The monoisotopic (exact) mass is 572 g/mol. The second kappa shape index (κ2) is 10.3. The molecule has 1 fully saturated rings. The Morgan fingerprint density at radius 2 is 1.95 bits per heavy atom. The van der Waals surface area contributed by atoms with Gasteiger partial charge < -0.3 is 14.7 Å². The molecule has 2 aromatic carbocycles. The number of aryl methyl sites for hydroxylation is 1. The largest absolute Gasteiger partial charge is 0.490 e. The van der Waals surface area contributed by atoms with Crippen molar-refractivity contribution >= 4 is 33.2 Å². The zero-order valence-electron chi connectivity index (χ0n) is 22.4. The number of anilines is 1. The van der Waals surface area contributed by atoms with E-state index in [4.69, 9.17) is 16.3 Å². The third-order valence-electron chi connectivity index (χ3n) is 9.60. The molecule has 0 radical (unpaired) electrons. The molecule has 4 aliphatic rings. The molecular weight excluding hydrogens is 536 g/mol. The molecule has 1 spiro atoms. The molecule has 2 aliphatic heterocycles. The maximum Gasteiger partial charge on any atom is 0.264 e. The van der Waals surface area contributed by atoms with Crippen molar-refractivity contribution in [3.8, 4) is 5.75 Å². The fourth-order valence-corrected chi connectivity index (χ4v) is 8.39. The van der Waals surface area contributed by atoms with Gasteiger partial charge in [-0.2, -0.15) is 0 Å². The summed E-state index contributed by atoms with van der Waals surface area (Å²) in [5.41, 5.74) is 3.40. The van der Waals surface area contributed by atoms with Crippen LogP contribution in [0, 0.1) is 11.8 Å². The lowest BCUT2D eigenvalue weighted by molar-refractivity contribution is 0.00912. The Balaban J connectivity index is 1.42. The Morgan fingerprint density at radius 1 is 1.10 bits per heavy atom. The highest BCUT2D eigenvalue weighted by atomic mass is 35.5. The minimum atomic E-state index is -3.85. The van der Waals surface area contributed by atoms with Crippen LogP contribution in [0.5, 0.6) is 5.75 Å². The predicted molar refractivity (Wildman–Crippen MR) is 152 cm³/mol. The fraction of sp³-hybridized carbons (Fsp3) is 0.567. The van der Waals surface area contributed by atoms with Crippen LogP contribution in [0.3, 0.4) is 0 Å². The van der Waals surface area contributed by atoms with E-state index in [9.17, 15) is 18.3 Å². The van der Waals surface area contributed by atoms with Crippen molar-refractivity contribution in [2.45, 2.75) is 75.1 Å². The number of ether oxygens (including phenoxy) is 1. The quantitative estimate of drug-likeness (QED) is 0.469. The number of fused-ring (bicyclic) bond motifs is 4. The van der Waals surface area contributed by atoms with Gasteiger partial charge in [0.25, 0.3) is 5.91 Å². The van der Waals surface area contributed by atoms with Gasteiger partial charge in [-0.15, -0.1) is 0 Å². The highest BCUT2D eigenvalue weighted by Gasteiger charge is 2.44. The van der Waals surface area contributed by atoms with Crippen molar-refractivity contribution < 1.29 is 23.1 Å². The molecule has 210 valence electrons. The highest BCUT2D eigenvalue weighted by Crippen LogP contribution is 2.47. The molecule has 0 unspecified atom stereocenters. The number of halogens is 1. The number of carbonyl (C=O) groups is 1. The molecule has 7 nitrogen and oxygen atoms in total. The van der Waals surface area contributed by atoms with Gasteiger partial charge in [0.15, 0.2) is 0 Å². The van der Waals surface area contributed by atoms with Crippen LogP contribution in [0.25, 0.3) is 0 Å². The first-order chi connectivity index (χ1) is 18.6. The molecule has 0 aromatic heterocycles. The number of nitrogens with zero attached hydrogens (tertiary/aromatic N) is 1. The van der Waals surface area contributed by atoms with E-state index in [-0.39, 0.29) is 11.3 Å². The summed E-state index contributed by atoms with van der Waals surface area (Å²) in [7, 11) is -3.85. The van der Waals surface area contributed by atoms with E-state index in [2.05, 4.69) is 21.8 Å². The van der Waals surface area contributed by atoms with Crippen LogP contribution in [-0.4, -0.2) is 50.5 Å². The first-order valence-corrected chi connectivity index (χ1v) is 16.1. The van der Waals surface area contributed by atoms with Gasteiger partial charge in [0.1, 0.15) is 5.75 Å². The second-order valence-corrected chi connectivity index (χ2v) is 14.6. The molecule has 2 aliphatic carbocycles. The number of carbonyl (C=O) groups excluding carboxylic acids is 1. The van der Waals surface area contributed by atoms with E-state index in [1.807, 2.05) is 6.07 Å². The summed E-state index contributed by atoms with van der Waals surface area (Å²) >= 11 is 6.36. The van der Waals surface area contributed by atoms with Gasteiger partial charge in [0.05, 0.1) is 23.6 Å². The Hall–Kier alpha value is -2.29. The topological polar surface area (TPSA) is 95.9 Å². The number of rotatable bonds is 0. The molecule has 39 heavy (non-hydrogen) atoms. The van der Waals surface area contributed by atoms with E-state index in [0.717, 1.165) is 49.4 Å². The zero-order chi connectivity index (χ0) is 27.4. The highest BCUT2D eigenvalue weighted by molar-refractivity contribution is 7.90. The number of sulfonamides is 1. The summed E-state index contributed by atoms with van der Waals surface area (Å²) in [5, 5.41) is 11.1. The molecular formula is C30H37ClN2O5S. The fourth-order valence-electron chi connectivity index (χ4n) is 7.14. The molecule has 2 bridgehead atoms. The summed E-state index contributed by atoms with van der Waals surface area (Å²) in [4.78, 5) is 15.5. The second-order valence-electron chi connectivity index (χ2n) is 12.1. The molecule has 5 atom stereocenters. The normalized spacial score (nSPS) is 32.3. The first-order valence-electron chi connectivity index (χ1n) is 14.2. The zero-order valence-corrected chi connectivity index (χ0v) is 23.9. The number of benzene rings is 2. The van der Waals surface area contributed by atoms with E-state index in [1.165, 1.54) is 11.1 Å². The van der Waals surface area contributed by atoms with Crippen molar-refractivity contribution in [1.82, 2.24) is 4.72 Å². The maximum atomic E-state index is 13.2. The lowest BCUT2D eigenvalue weighted by atomic mass is 9.68. The SMILES string of the molecule is C[C@@H]1CCC[C@H](O)[C@@H]2CC[C@H]2CN2C[C@@]3(CCCc4cc(Cl)ccc43)COc3ccc(cc32)C(=O)NS1(=O)=O. The average molecular weight is 573 g/mol. The lowest BCUT2D eigenvalue weighted by Crippen LogP contribution is -2.49. The molecule has 1 saturated carbocycles. The van der Waals surface area contributed by atoms with Gasteiger partial charge in [-0.3, -0.25) is 4.79 Å². The van der Waals surface area contributed by atoms with Gasteiger partial charge in [-0.05, 0) is 112 Å². The summed E-state index contributed by atoms with van der Waals surface area (Å²) in [6.45, 7) is 3.60. The van der Waals surface area contributed by atoms with Gasteiger partial charge >= 0.3 is 0 Å². The van der Waals surface area contributed by atoms with Gasteiger partial charge in [0.2, 0.25) is 10.0 Å². The number of hydrogen-bond acceptors (Lipinski definition) is 6. The molecule has 2 heterocycles. The van der Waals surface area contributed by atoms with Crippen LogP contribution < -0.4 is 14.4 Å². The van der Waals surface area contributed by atoms with Crippen LogP contribution in [0.2, 0.25) is 5.02 Å². The van der Waals surface area contributed by atoms with Crippen LogP contribution in [0.15, 0.2) is 36.4 Å². The standard InChI is InChI=1S/C30H37ClN2O5S/c1-19-4-2-6-27(34)24-10-7-22(24)16-33-17-30(13-3-5-20-14-23(31)9-11-25(20)30)18-38-28-12-8-21(15-26(28)33)29(35)32-39(19,36)37/h8-9,11-12,14-15,19,22,24,27,34H,2-7,10,13,16-18H2,1H3,(H,32,35)/t19-,22+,24-,27+,30+/m1/s1. The number of nitrogens with one attached hydrogen (secondary N) is 1. The van der Waals surface area contributed by atoms with Gasteiger partial charge in [-0.25, -0.2) is 13.1 Å². The minimum Gasteiger partial charge on any atom is -0.490 e. The summed E-state index contributed by atoms with van der Waals surface area (Å²) in [6, 6.07) is 11.4. The molecule has 6 rings (SSSR count). The van der Waals surface area contributed by atoms with Crippen molar-refractivity contribution in [3.05, 3.63) is 58.1 Å². The molecule has 2 aromatic rings. The Kier molecular flexibility index (Phi) is 7.09. The Bertz CT molecular complexity index is 1380. The van der Waals surface area contributed by atoms with E-state index in [0.29, 0.717) is 49.6 Å². The van der Waals surface area contributed by atoms with Crippen LogP contribution in [-0.2, 0) is 21.9 Å².